The van der Waals surface area contributed by atoms with Gasteiger partial charge in [-0.3, -0.25) is 4.99 Å². The molecule has 2 heterocycles. The van der Waals surface area contributed by atoms with Crippen LogP contribution in [0, 0.1) is 0 Å². The van der Waals surface area contributed by atoms with Crippen molar-refractivity contribution in [1.82, 2.24) is 10.2 Å². The molecule has 0 aliphatic carbocycles. The molecule has 0 amide bonds. The van der Waals surface area contributed by atoms with E-state index < -0.39 is 0 Å². The van der Waals surface area contributed by atoms with Gasteiger partial charge in [0.1, 0.15) is 5.69 Å². The number of fused-ring (bicyclic) bond motifs is 1. The number of aliphatic imine (C=N–C) groups is 1. The van der Waals surface area contributed by atoms with Gasteiger partial charge in [0.2, 0.25) is 0 Å². The second-order valence-corrected chi connectivity index (χ2v) is 5.50. The molecule has 1 aliphatic heterocycles. The van der Waals surface area contributed by atoms with E-state index in [2.05, 4.69) is 44.4 Å². The number of benzene rings is 2. The summed E-state index contributed by atoms with van der Waals surface area (Å²) in [5.74, 6) is 0. The predicted octanol–water partition coefficient (Wildman–Crippen LogP) is 3.80. The first-order chi connectivity index (χ1) is 10.8. The van der Waals surface area contributed by atoms with Gasteiger partial charge in [0, 0.05) is 28.6 Å². The molecule has 0 atom stereocenters. The van der Waals surface area contributed by atoms with Crippen LogP contribution in [0.1, 0.15) is 0 Å². The molecule has 1 aliphatic rings. The number of aromatic nitrogens is 2. The van der Waals surface area contributed by atoms with Gasteiger partial charge in [-0.2, -0.15) is 0 Å². The Morgan fingerprint density at radius 2 is 1.68 bits per heavy atom. The van der Waals surface area contributed by atoms with Gasteiger partial charge in [-0.05, 0) is 12.1 Å². The van der Waals surface area contributed by atoms with Crippen LogP contribution in [0.2, 0.25) is 5.15 Å². The maximum absolute atomic E-state index is 6.13. The first-order valence-electron chi connectivity index (χ1n) is 7.11. The molecule has 3 aromatic rings. The first kappa shape index (κ1) is 13.2. The quantitative estimate of drug-likeness (QED) is 0.723. The number of nitrogens with zero attached hydrogens (tertiary/aromatic N) is 4. The van der Waals surface area contributed by atoms with Crippen LogP contribution in [0.25, 0.3) is 22.0 Å². The van der Waals surface area contributed by atoms with Crippen LogP contribution in [-0.2, 0) is 0 Å². The zero-order valence-electron chi connectivity index (χ0n) is 11.8. The van der Waals surface area contributed by atoms with E-state index in [-0.39, 0.29) is 0 Å². The van der Waals surface area contributed by atoms with Gasteiger partial charge in [-0.1, -0.05) is 48.0 Å². The van der Waals surface area contributed by atoms with Crippen LogP contribution in [0.15, 0.2) is 53.5 Å². The number of hydrogen-bond acceptors (Lipinski definition) is 4. The normalized spacial score (nSPS) is 14.0. The van der Waals surface area contributed by atoms with Crippen molar-refractivity contribution in [2.24, 2.45) is 4.99 Å². The maximum Gasteiger partial charge on any atom is 0.159 e. The minimum absolute atomic E-state index is 0.434. The van der Waals surface area contributed by atoms with Crippen molar-refractivity contribution in [2.75, 3.05) is 18.0 Å². The number of hydrogen-bond donors (Lipinski definition) is 0. The zero-order chi connectivity index (χ0) is 14.9. The Hall–Kier alpha value is -2.46. The van der Waals surface area contributed by atoms with Gasteiger partial charge in [0.05, 0.1) is 12.9 Å². The average Bonchev–Trinajstić information content (AvgIpc) is 3.10. The highest BCUT2D eigenvalue weighted by Gasteiger charge is 2.11. The van der Waals surface area contributed by atoms with Gasteiger partial charge in [-0.25, -0.2) is 0 Å². The summed E-state index contributed by atoms with van der Waals surface area (Å²) >= 11 is 6.13. The Balaban J connectivity index is 1.79. The molecule has 4 nitrogen and oxygen atoms in total. The zero-order valence-corrected chi connectivity index (χ0v) is 12.5. The first-order valence-corrected chi connectivity index (χ1v) is 7.49. The molecule has 2 aromatic carbocycles. The van der Waals surface area contributed by atoms with Crippen LogP contribution in [-0.4, -0.2) is 29.6 Å². The summed E-state index contributed by atoms with van der Waals surface area (Å²) in [6, 6.07) is 16.2. The molecule has 22 heavy (non-hydrogen) atoms. The average molecular weight is 309 g/mol. The van der Waals surface area contributed by atoms with E-state index in [1.54, 1.807) is 0 Å². The Kier molecular flexibility index (Phi) is 3.24. The molecule has 0 spiro atoms. The fraction of sp³-hybridized carbons (Fsp3) is 0.118. The Morgan fingerprint density at radius 1 is 0.909 bits per heavy atom. The maximum atomic E-state index is 6.13. The Morgan fingerprint density at radius 3 is 2.41 bits per heavy atom. The van der Waals surface area contributed by atoms with Crippen molar-refractivity contribution in [1.29, 1.82) is 0 Å². The third kappa shape index (κ3) is 2.22. The van der Waals surface area contributed by atoms with Crippen LogP contribution in [0.5, 0.6) is 0 Å². The minimum Gasteiger partial charge on any atom is -0.331 e. The molecule has 1 aromatic heterocycles. The van der Waals surface area contributed by atoms with Gasteiger partial charge in [-0.15, -0.1) is 10.2 Å². The van der Waals surface area contributed by atoms with E-state index in [9.17, 15) is 0 Å². The smallest absolute Gasteiger partial charge is 0.159 e. The summed E-state index contributed by atoms with van der Waals surface area (Å²) < 4.78 is 0. The van der Waals surface area contributed by atoms with Crippen molar-refractivity contribution in [3.05, 3.63) is 53.7 Å². The summed E-state index contributed by atoms with van der Waals surface area (Å²) in [6.45, 7) is 1.79. The molecule has 0 bridgehead atoms. The SMILES string of the molecule is Clc1nnc(-c2ccc(N3C=NCC3)cc2)c2ccccc12. The molecule has 0 fully saturated rings. The van der Waals surface area contributed by atoms with Gasteiger partial charge < -0.3 is 4.90 Å². The van der Waals surface area contributed by atoms with E-state index >= 15 is 0 Å². The molecule has 0 saturated heterocycles. The lowest BCUT2D eigenvalue weighted by Crippen LogP contribution is -2.17. The summed E-state index contributed by atoms with van der Waals surface area (Å²) in [5.41, 5.74) is 3.01. The summed E-state index contributed by atoms with van der Waals surface area (Å²) in [7, 11) is 0. The molecular weight excluding hydrogens is 296 g/mol. The molecule has 4 rings (SSSR count). The second kappa shape index (κ2) is 5.39. The monoisotopic (exact) mass is 308 g/mol. The van der Waals surface area contributed by atoms with E-state index in [1.165, 1.54) is 0 Å². The molecular formula is C17H13ClN4. The molecule has 5 heteroatoms. The Labute approximate surface area is 133 Å². The van der Waals surface area contributed by atoms with Crippen molar-refractivity contribution >= 4 is 34.4 Å². The largest absolute Gasteiger partial charge is 0.331 e. The van der Waals surface area contributed by atoms with Gasteiger partial charge >= 0.3 is 0 Å². The predicted molar refractivity (Wildman–Crippen MR) is 90.7 cm³/mol. The van der Waals surface area contributed by atoms with Crippen molar-refractivity contribution in [3.63, 3.8) is 0 Å². The van der Waals surface area contributed by atoms with E-state index in [0.29, 0.717) is 5.15 Å². The lowest BCUT2D eigenvalue weighted by atomic mass is 10.0. The standard InChI is InChI=1S/C17H13ClN4/c18-17-15-4-2-1-3-14(15)16(20-21-17)12-5-7-13(8-6-12)22-10-9-19-11-22/h1-8,11H,9-10H2. The lowest BCUT2D eigenvalue weighted by Gasteiger charge is -2.14. The summed E-state index contributed by atoms with van der Waals surface area (Å²) in [6.07, 6.45) is 1.88. The molecule has 0 unspecified atom stereocenters. The Bertz CT molecular complexity index is 858. The van der Waals surface area contributed by atoms with Crippen LogP contribution < -0.4 is 4.90 Å². The van der Waals surface area contributed by atoms with E-state index in [1.807, 2.05) is 30.6 Å². The molecule has 0 N–H and O–H groups in total. The highest BCUT2D eigenvalue weighted by molar-refractivity contribution is 6.34. The molecule has 0 radical (unpaired) electrons. The minimum atomic E-state index is 0.434. The van der Waals surface area contributed by atoms with Gasteiger partial charge in [0.25, 0.3) is 0 Å². The summed E-state index contributed by atoms with van der Waals surface area (Å²) in [5, 5.41) is 10.7. The third-order valence-electron chi connectivity index (χ3n) is 3.81. The number of anilines is 1. The lowest BCUT2D eigenvalue weighted by molar-refractivity contribution is 1.02. The van der Waals surface area contributed by atoms with Crippen molar-refractivity contribution in [2.45, 2.75) is 0 Å². The number of rotatable bonds is 2. The van der Waals surface area contributed by atoms with E-state index in [0.717, 1.165) is 40.8 Å². The second-order valence-electron chi connectivity index (χ2n) is 5.15. The fourth-order valence-electron chi connectivity index (χ4n) is 2.67. The highest BCUT2D eigenvalue weighted by atomic mass is 35.5. The van der Waals surface area contributed by atoms with Crippen LogP contribution in [0.3, 0.4) is 0 Å². The fourth-order valence-corrected chi connectivity index (χ4v) is 2.87. The molecule has 0 saturated carbocycles. The third-order valence-corrected chi connectivity index (χ3v) is 4.08. The van der Waals surface area contributed by atoms with Crippen molar-refractivity contribution < 1.29 is 0 Å². The van der Waals surface area contributed by atoms with Gasteiger partial charge in [0.15, 0.2) is 5.15 Å². The highest BCUT2D eigenvalue weighted by Crippen LogP contribution is 2.30. The number of halogens is 1. The van der Waals surface area contributed by atoms with Crippen LogP contribution >= 0.6 is 11.6 Å². The van der Waals surface area contributed by atoms with Crippen molar-refractivity contribution in [3.8, 4) is 11.3 Å². The van der Waals surface area contributed by atoms with E-state index in [4.69, 9.17) is 11.6 Å². The van der Waals surface area contributed by atoms with Crippen LogP contribution in [0.4, 0.5) is 5.69 Å². The summed E-state index contributed by atoms with van der Waals surface area (Å²) in [4.78, 5) is 6.37. The topological polar surface area (TPSA) is 41.4 Å². The molecule has 108 valence electrons.